The van der Waals surface area contributed by atoms with Crippen LogP contribution in [0.3, 0.4) is 0 Å². The molecule has 11 nitrogen and oxygen atoms in total. The summed E-state index contributed by atoms with van der Waals surface area (Å²) in [7, 11) is 7.30. The molecule has 0 aliphatic carbocycles. The Morgan fingerprint density at radius 3 is 2.48 bits per heavy atom. The highest BCUT2D eigenvalue weighted by Gasteiger charge is 2.25. The lowest BCUT2D eigenvalue weighted by atomic mass is 10.1. The molecule has 306 valence electrons. The maximum atomic E-state index is 12.3. The molecule has 2 heterocycles. The molecule has 1 aliphatic rings. The Morgan fingerprint density at radius 2 is 1.79 bits per heavy atom. The monoisotopic (exact) mass is 841 g/mol. The topological polar surface area (TPSA) is 152 Å². The van der Waals surface area contributed by atoms with Gasteiger partial charge in [0, 0.05) is 62.7 Å². The number of amides is 3. The standard InChI is InChI=1S/C29H31N3O4.C14H17NOS3.CH3NO/c1-20-8-6-10-23(14-20)31-29(34)12-7-13-36-28-17-25(22(19-33)16-27(28)35-3)30-18-24-15-21-9-4-5-11-26(21)32(24)2;1-14(2,19-17-3)8-12-7-10-6-11(15-9-16)4-5-13(10)18-12;2-1-3/h4-6,8-11,14,16-19,24H,7,12-13,15H2,1-3H3,(H,31,34);4-7,9H,8H2,1-3H3,(H,15,16);1H,(H2,2,3). The van der Waals surface area contributed by atoms with Crippen LogP contribution in [0.1, 0.15) is 53.1 Å². The first-order valence-corrected chi connectivity index (χ1v) is 21.9. The molecule has 5 aromatic rings. The zero-order valence-corrected chi connectivity index (χ0v) is 36.1. The number of para-hydroxylation sites is 1. The molecule has 0 spiro atoms. The molecule has 0 saturated heterocycles. The highest BCUT2D eigenvalue weighted by atomic mass is 33.1. The predicted molar refractivity (Wildman–Crippen MR) is 244 cm³/mol. The van der Waals surface area contributed by atoms with Gasteiger partial charge in [0.2, 0.25) is 18.7 Å². The number of anilines is 3. The average molecular weight is 842 g/mol. The largest absolute Gasteiger partial charge is 0.493 e. The highest BCUT2D eigenvalue weighted by molar-refractivity contribution is 8.76. The van der Waals surface area contributed by atoms with E-state index in [-0.39, 0.29) is 23.1 Å². The number of benzene rings is 4. The minimum absolute atomic E-state index is 0.0700. The molecule has 0 saturated carbocycles. The van der Waals surface area contributed by atoms with Gasteiger partial charge in [0.15, 0.2) is 17.8 Å². The minimum Gasteiger partial charge on any atom is -0.493 e. The van der Waals surface area contributed by atoms with Gasteiger partial charge in [0.1, 0.15) is 0 Å². The summed E-state index contributed by atoms with van der Waals surface area (Å²) in [5.41, 5.74) is 10.3. The van der Waals surface area contributed by atoms with E-state index in [2.05, 4.69) is 70.6 Å². The van der Waals surface area contributed by atoms with Crippen molar-refractivity contribution in [2.75, 3.05) is 42.6 Å². The van der Waals surface area contributed by atoms with E-state index in [0.29, 0.717) is 48.6 Å². The molecule has 0 bridgehead atoms. The molecular formula is C44H51N5O6S3. The van der Waals surface area contributed by atoms with Gasteiger partial charge in [0.05, 0.1) is 25.4 Å². The quantitative estimate of drug-likeness (QED) is 0.0382. The van der Waals surface area contributed by atoms with Gasteiger partial charge in [-0.05, 0) is 111 Å². The first-order valence-electron chi connectivity index (χ1n) is 18.5. The van der Waals surface area contributed by atoms with Gasteiger partial charge in [-0.25, -0.2) is 0 Å². The molecular weight excluding hydrogens is 791 g/mol. The van der Waals surface area contributed by atoms with Crippen molar-refractivity contribution in [2.45, 2.75) is 57.2 Å². The van der Waals surface area contributed by atoms with Crippen molar-refractivity contribution in [3.05, 3.63) is 106 Å². The molecule has 0 radical (unpaired) electrons. The minimum atomic E-state index is -0.0700. The van der Waals surface area contributed by atoms with E-state index in [1.807, 2.05) is 102 Å². The Kier molecular flexibility index (Phi) is 17.7. The summed E-state index contributed by atoms with van der Waals surface area (Å²) >= 11 is 1.84. The second kappa shape index (κ2) is 22.6. The molecule has 0 fully saturated rings. The van der Waals surface area contributed by atoms with Gasteiger partial charge in [0.25, 0.3) is 0 Å². The van der Waals surface area contributed by atoms with Gasteiger partial charge >= 0.3 is 0 Å². The van der Waals surface area contributed by atoms with E-state index in [1.54, 1.807) is 12.1 Å². The van der Waals surface area contributed by atoms with E-state index >= 15 is 0 Å². The molecule has 1 atom stereocenters. The van der Waals surface area contributed by atoms with Crippen LogP contribution >= 0.6 is 32.9 Å². The van der Waals surface area contributed by atoms with Crippen molar-refractivity contribution in [1.29, 1.82) is 0 Å². The summed E-state index contributed by atoms with van der Waals surface area (Å²) < 4.78 is 12.9. The third-order valence-corrected chi connectivity index (χ3v) is 12.7. The number of aliphatic imine (C=N–C) groups is 1. The number of nitrogens with one attached hydrogen (secondary N) is 2. The predicted octanol–water partition coefficient (Wildman–Crippen LogP) is 9.28. The van der Waals surface area contributed by atoms with E-state index in [1.165, 1.54) is 33.3 Å². The van der Waals surface area contributed by atoms with Crippen LogP contribution in [-0.4, -0.2) is 69.0 Å². The lowest BCUT2D eigenvalue weighted by molar-refractivity contribution is -0.116. The molecule has 1 unspecified atom stereocenters. The number of carbonyl (C=O) groups is 4. The fourth-order valence-corrected chi connectivity index (χ4v) is 9.87. The summed E-state index contributed by atoms with van der Waals surface area (Å²) in [5, 5.41) is 6.80. The number of methoxy groups -OCH3 is 1. The lowest BCUT2D eigenvalue weighted by Crippen LogP contribution is -2.28. The van der Waals surface area contributed by atoms with Crippen LogP contribution in [0, 0.1) is 6.92 Å². The zero-order chi connectivity index (χ0) is 42.1. The smallest absolute Gasteiger partial charge is 0.224 e. The molecule has 14 heteroatoms. The van der Waals surface area contributed by atoms with Gasteiger partial charge < -0.3 is 30.7 Å². The molecule has 58 heavy (non-hydrogen) atoms. The van der Waals surface area contributed by atoms with Crippen LogP contribution in [-0.2, 0) is 27.2 Å². The van der Waals surface area contributed by atoms with Crippen molar-refractivity contribution in [3.8, 4) is 11.5 Å². The van der Waals surface area contributed by atoms with E-state index in [9.17, 15) is 14.4 Å². The number of likely N-dealkylation sites (N-methyl/N-ethyl adjacent to an activating group) is 1. The lowest BCUT2D eigenvalue weighted by Gasteiger charge is -2.21. The first-order chi connectivity index (χ1) is 27.9. The van der Waals surface area contributed by atoms with E-state index in [0.717, 1.165) is 36.1 Å². The van der Waals surface area contributed by atoms with Crippen molar-refractivity contribution in [3.63, 3.8) is 0 Å². The molecule has 6 rings (SSSR count). The number of carbonyl (C=O) groups excluding carboxylic acids is 4. The number of nitrogens with zero attached hydrogens (tertiary/aromatic N) is 2. The number of aldehydes is 1. The average Bonchev–Trinajstić information content (AvgIpc) is 3.74. The third-order valence-electron chi connectivity index (χ3n) is 8.93. The molecule has 1 aliphatic heterocycles. The van der Waals surface area contributed by atoms with Crippen LogP contribution in [0.25, 0.3) is 10.1 Å². The summed E-state index contributed by atoms with van der Waals surface area (Å²) in [6, 6.07) is 27.7. The highest BCUT2D eigenvalue weighted by Crippen LogP contribution is 2.39. The number of nitrogens with two attached hydrogens (primary N) is 1. The molecule has 3 amide bonds. The molecule has 4 N–H and O–H groups in total. The van der Waals surface area contributed by atoms with Gasteiger partial charge in [-0.2, -0.15) is 0 Å². The van der Waals surface area contributed by atoms with Crippen LogP contribution < -0.4 is 30.7 Å². The SMILES string of the molecule is COc1cc(C=O)c(N=CC2Cc3ccccc3N2C)cc1OCCCC(=O)Nc1cccc(C)c1.CSSC(C)(C)Cc1cc2cc(NC=O)ccc2s1.NC=O. The number of rotatable bonds is 16. The van der Waals surface area contributed by atoms with Crippen LogP contribution in [0.2, 0.25) is 0 Å². The fourth-order valence-electron chi connectivity index (χ4n) is 6.31. The van der Waals surface area contributed by atoms with Crippen LogP contribution in [0.4, 0.5) is 22.7 Å². The van der Waals surface area contributed by atoms with Crippen molar-refractivity contribution in [1.82, 2.24) is 0 Å². The maximum absolute atomic E-state index is 12.3. The van der Waals surface area contributed by atoms with Gasteiger partial charge in [-0.3, -0.25) is 24.2 Å². The van der Waals surface area contributed by atoms with Crippen LogP contribution in [0.5, 0.6) is 11.5 Å². The number of fused-ring (bicyclic) bond motifs is 2. The van der Waals surface area contributed by atoms with Crippen molar-refractivity contribution in [2.24, 2.45) is 10.7 Å². The molecule has 1 aromatic heterocycles. The molecule has 4 aromatic carbocycles. The Balaban J connectivity index is 0.000000283. The number of primary amides is 1. The number of aryl methyl sites for hydroxylation is 1. The van der Waals surface area contributed by atoms with Crippen LogP contribution in [0.15, 0.2) is 89.9 Å². The fraction of sp³-hybridized carbons (Fsp3) is 0.295. The van der Waals surface area contributed by atoms with Gasteiger partial charge in [-0.15, -0.1) is 11.3 Å². The maximum Gasteiger partial charge on any atom is 0.224 e. The van der Waals surface area contributed by atoms with Crippen molar-refractivity contribution < 1.29 is 28.7 Å². The number of hydrogen-bond donors (Lipinski definition) is 3. The van der Waals surface area contributed by atoms with Crippen molar-refractivity contribution >= 4 is 97.0 Å². The Bertz CT molecular complexity index is 2190. The number of ether oxygens (including phenoxy) is 2. The summed E-state index contributed by atoms with van der Waals surface area (Å²) in [6.45, 7) is 6.85. The third kappa shape index (κ3) is 13.4. The summed E-state index contributed by atoms with van der Waals surface area (Å²) in [5.74, 6) is 0.863. The Hall–Kier alpha value is -5.31. The van der Waals surface area contributed by atoms with E-state index < -0.39 is 0 Å². The second-order valence-electron chi connectivity index (χ2n) is 13.9. The van der Waals surface area contributed by atoms with E-state index in [4.69, 9.17) is 14.3 Å². The van der Waals surface area contributed by atoms with Gasteiger partial charge in [-0.1, -0.05) is 51.9 Å². The summed E-state index contributed by atoms with van der Waals surface area (Å²) in [6.07, 6.45) is 8.49. The Labute approximate surface area is 352 Å². The zero-order valence-electron chi connectivity index (χ0n) is 33.7. The number of thiophene rings is 1. The normalized spacial score (nSPS) is 13.1. The second-order valence-corrected chi connectivity index (χ2v) is 18.2. The Morgan fingerprint density at radius 1 is 1.02 bits per heavy atom. The summed E-state index contributed by atoms with van der Waals surface area (Å²) in [4.78, 5) is 51.3. The number of hydrogen-bond acceptors (Lipinski definition) is 11. The first kappa shape index (κ1) is 45.4.